The van der Waals surface area contributed by atoms with Gasteiger partial charge in [-0.2, -0.15) is 16.4 Å². The molecule has 0 heterocycles. The smallest absolute Gasteiger partial charge is 0.340 e. The fourth-order valence-electron chi connectivity index (χ4n) is 4.17. The summed E-state index contributed by atoms with van der Waals surface area (Å²) in [5.74, 6) is 0.704. The van der Waals surface area contributed by atoms with Crippen molar-refractivity contribution in [3.8, 4) is 12.1 Å². The Balaban J connectivity index is -0.000000248. The number of nitriles is 2. The summed E-state index contributed by atoms with van der Waals surface area (Å²) in [4.78, 5) is 0. The van der Waals surface area contributed by atoms with E-state index >= 15 is 0 Å². The Hall–Kier alpha value is -1.98. The number of nitrogens with zero attached hydrogens (tertiary/aromatic N) is 2. The van der Waals surface area contributed by atoms with Gasteiger partial charge in [-0.25, -0.2) is 5.26 Å². The summed E-state index contributed by atoms with van der Waals surface area (Å²) in [5, 5.41) is 22.8. The summed E-state index contributed by atoms with van der Waals surface area (Å²) in [7, 11) is 0. The van der Waals surface area contributed by atoms with Crippen LogP contribution in [0.1, 0.15) is 124 Å². The second kappa shape index (κ2) is 40.0. The fraction of sp³-hybridized carbons (Fsp3) is 0.452. The minimum atomic E-state index is 0. The van der Waals surface area contributed by atoms with Gasteiger partial charge in [0, 0.05) is 11.6 Å². The van der Waals surface area contributed by atoms with Gasteiger partial charge in [0.25, 0.3) is 0 Å². The van der Waals surface area contributed by atoms with Crippen LogP contribution in [0.2, 0.25) is 0 Å². The molecule has 0 spiro atoms. The first-order valence-corrected chi connectivity index (χ1v) is 16.6. The van der Waals surface area contributed by atoms with E-state index in [4.69, 9.17) is 0 Å². The van der Waals surface area contributed by atoms with Crippen LogP contribution in [0.25, 0.3) is 28.5 Å². The van der Waals surface area contributed by atoms with Gasteiger partial charge >= 0.3 is 51.4 Å². The Kier molecular flexibility index (Phi) is 46.8. The molecule has 3 heteroatoms. The van der Waals surface area contributed by atoms with Crippen molar-refractivity contribution in [2.75, 3.05) is 0 Å². The predicted molar refractivity (Wildman–Crippen MR) is 202 cm³/mol. The van der Waals surface area contributed by atoms with Crippen molar-refractivity contribution in [3.63, 3.8) is 0 Å². The Morgan fingerprint density at radius 3 is 1.91 bits per heavy atom. The minimum Gasteiger partial charge on any atom is -0.340 e. The molecule has 0 radical (unpaired) electrons. The van der Waals surface area contributed by atoms with Crippen LogP contribution in [0.4, 0.5) is 0 Å². The predicted octanol–water partition coefficient (Wildman–Crippen LogP) is 9.26. The van der Waals surface area contributed by atoms with Crippen LogP contribution in [0.5, 0.6) is 0 Å². The van der Waals surface area contributed by atoms with E-state index < -0.39 is 0 Å². The van der Waals surface area contributed by atoms with Crippen molar-refractivity contribution in [2.45, 2.75) is 120 Å². The van der Waals surface area contributed by atoms with Gasteiger partial charge in [-0.3, -0.25) is 0 Å². The minimum absolute atomic E-state index is 0. The maximum absolute atomic E-state index is 9.91. The Morgan fingerprint density at radius 1 is 0.933 bits per heavy atom. The molecule has 0 aliphatic heterocycles. The average molecular weight is 636 g/mol. The van der Waals surface area contributed by atoms with Gasteiger partial charge in [0.2, 0.25) is 0 Å². The van der Waals surface area contributed by atoms with Gasteiger partial charge in [0.05, 0.1) is 6.07 Å². The van der Waals surface area contributed by atoms with Crippen molar-refractivity contribution in [3.05, 3.63) is 97.3 Å². The van der Waals surface area contributed by atoms with E-state index in [-0.39, 0.29) is 51.4 Å². The van der Waals surface area contributed by atoms with Crippen molar-refractivity contribution in [1.29, 1.82) is 10.5 Å². The SMILES string of the molecule is C=C.C=C/C=C\c1c(C)c(=[C-]C#N)c2ccccc2/c1=C(\C#N)CCCCCC.C=CC.CC.CC.[CH2-]C(CC)CCCC.[K+]. The van der Waals surface area contributed by atoms with Gasteiger partial charge in [-0.15, -0.1) is 36.8 Å². The van der Waals surface area contributed by atoms with Crippen molar-refractivity contribution < 1.29 is 51.4 Å². The van der Waals surface area contributed by atoms with Gasteiger partial charge in [0.1, 0.15) is 0 Å². The van der Waals surface area contributed by atoms with E-state index in [9.17, 15) is 10.5 Å². The molecule has 2 aromatic carbocycles. The third kappa shape index (κ3) is 23.1. The number of allylic oxidation sites excluding steroid dienone is 3. The van der Waals surface area contributed by atoms with Crippen molar-refractivity contribution in [1.82, 2.24) is 0 Å². The molecule has 0 N–H and O–H groups in total. The van der Waals surface area contributed by atoms with Crippen LogP contribution in [0.15, 0.2) is 68.8 Å². The number of benzene rings is 2. The molecule has 0 fully saturated rings. The van der Waals surface area contributed by atoms with E-state index in [1.165, 1.54) is 38.5 Å². The average Bonchev–Trinajstić information content (AvgIpc) is 3.08. The van der Waals surface area contributed by atoms with Crippen molar-refractivity contribution in [2.24, 2.45) is 5.92 Å². The van der Waals surface area contributed by atoms with Crippen LogP contribution in [-0.2, 0) is 0 Å². The second-order valence-electron chi connectivity index (χ2n) is 9.39. The Morgan fingerprint density at radius 2 is 1.47 bits per heavy atom. The molecule has 0 aliphatic carbocycles. The normalized spacial score (nSPS) is 10.8. The third-order valence-electron chi connectivity index (χ3n) is 6.35. The van der Waals surface area contributed by atoms with E-state index in [0.717, 1.165) is 57.2 Å². The monoisotopic (exact) mass is 635 g/mol. The maximum atomic E-state index is 9.91. The first-order chi connectivity index (χ1) is 21.4. The Labute approximate surface area is 322 Å². The summed E-state index contributed by atoms with van der Waals surface area (Å²) in [5.41, 5.74) is 2.74. The number of fused-ring (bicyclic) bond motifs is 1. The zero-order valence-corrected chi connectivity index (χ0v) is 34.1. The Bertz CT molecular complexity index is 1240. The third-order valence-corrected chi connectivity index (χ3v) is 6.35. The molecule has 0 aromatic heterocycles. The molecular formula is C42H64KN2-. The molecule has 0 aliphatic rings. The van der Waals surface area contributed by atoms with Gasteiger partial charge in [-0.1, -0.05) is 166 Å². The molecule has 1 atom stereocenters. The fourth-order valence-corrected chi connectivity index (χ4v) is 4.17. The van der Waals surface area contributed by atoms with E-state index in [1.807, 2.05) is 84.0 Å². The molecule has 2 rings (SSSR count). The molecule has 1 unspecified atom stereocenters. The zero-order chi connectivity index (χ0) is 34.8. The standard InChI is InChI=1S/C25H25N2.C8H17.C3H6.2C2H6.C2H4.K/c1-4-6-8-9-12-20(18-27)25-22(13-7-5-2)19(3)21(16-17-26)23-14-10-11-15-24(23)25;1-4-6-7-8(3)5-2;1-3-2;3*1-2;/h5,7,10-11,13-15H,2,4,6,8-9,12H2,1,3H3;8H,3-7H2,1-2H3;3H,1H2,2H3;2*1-2H3;1-2H2;/q2*-1;;;;;+1/b13-7-,25-20-;;;;;;. The molecule has 45 heavy (non-hydrogen) atoms. The topological polar surface area (TPSA) is 47.6 Å². The van der Waals surface area contributed by atoms with E-state index in [1.54, 1.807) is 12.2 Å². The molecule has 244 valence electrons. The molecule has 2 nitrogen and oxygen atoms in total. The number of hydrogen-bond donors (Lipinski definition) is 0. The molecule has 0 bridgehead atoms. The van der Waals surface area contributed by atoms with E-state index in [2.05, 4.69) is 66.2 Å². The molecule has 0 saturated carbocycles. The number of rotatable bonds is 11. The van der Waals surface area contributed by atoms with Gasteiger partial charge in [0.15, 0.2) is 0 Å². The van der Waals surface area contributed by atoms with Gasteiger partial charge < -0.3 is 6.92 Å². The maximum Gasteiger partial charge on any atom is 1.00 e. The summed E-state index contributed by atoms with van der Waals surface area (Å²) in [6.07, 6.45) is 20.6. The molecule has 2 aromatic rings. The molecule has 0 saturated heterocycles. The summed E-state index contributed by atoms with van der Waals surface area (Å²) in [6, 6.07) is 12.5. The summed E-state index contributed by atoms with van der Waals surface area (Å²) >= 11 is 0. The number of hydrogen-bond acceptors (Lipinski definition) is 2. The molecule has 0 amide bonds. The first-order valence-electron chi connectivity index (χ1n) is 16.6. The summed E-state index contributed by atoms with van der Waals surface area (Å²) < 4.78 is 0. The second-order valence-corrected chi connectivity index (χ2v) is 9.39. The van der Waals surface area contributed by atoms with Gasteiger partial charge in [-0.05, 0) is 25.0 Å². The van der Waals surface area contributed by atoms with Crippen LogP contribution in [0.3, 0.4) is 0 Å². The number of unbranched alkanes of at least 4 members (excludes halogenated alkanes) is 4. The van der Waals surface area contributed by atoms with Crippen LogP contribution >= 0.6 is 0 Å². The summed E-state index contributed by atoms with van der Waals surface area (Å²) in [6.45, 7) is 35.6. The largest absolute Gasteiger partial charge is 1.00 e. The van der Waals surface area contributed by atoms with Crippen LogP contribution in [0, 0.1) is 42.4 Å². The van der Waals surface area contributed by atoms with Crippen LogP contribution < -0.4 is 61.8 Å². The zero-order valence-electron chi connectivity index (χ0n) is 31.0. The van der Waals surface area contributed by atoms with Crippen molar-refractivity contribution >= 4 is 28.5 Å². The van der Waals surface area contributed by atoms with Crippen LogP contribution in [-0.4, -0.2) is 0 Å². The molecular weight excluding hydrogens is 572 g/mol. The quantitative estimate of drug-likeness (QED) is 0.0812. The van der Waals surface area contributed by atoms with E-state index in [0.29, 0.717) is 5.92 Å². The first kappa shape index (κ1) is 52.5.